The Morgan fingerprint density at radius 1 is 1.19 bits per heavy atom. The van der Waals surface area contributed by atoms with Crippen LogP contribution in [0.5, 0.6) is 5.75 Å². The van der Waals surface area contributed by atoms with Crippen molar-refractivity contribution in [2.75, 3.05) is 34.3 Å². The summed E-state index contributed by atoms with van der Waals surface area (Å²) in [4.78, 5) is 14.5. The van der Waals surface area contributed by atoms with Gasteiger partial charge >= 0.3 is 0 Å². The van der Waals surface area contributed by atoms with Crippen LogP contribution in [0.25, 0.3) is 0 Å². The molecule has 0 aromatic heterocycles. The van der Waals surface area contributed by atoms with Gasteiger partial charge in [-0.05, 0) is 65.0 Å². The highest BCUT2D eigenvalue weighted by Crippen LogP contribution is 2.25. The Bertz CT molecular complexity index is 439. The fourth-order valence-corrected chi connectivity index (χ4v) is 2.11. The van der Waals surface area contributed by atoms with Gasteiger partial charge in [-0.3, -0.25) is 4.79 Å². The lowest BCUT2D eigenvalue weighted by atomic mass is 9.83. The van der Waals surface area contributed by atoms with E-state index in [0.717, 1.165) is 37.2 Å². The van der Waals surface area contributed by atoms with Crippen LogP contribution in [0.3, 0.4) is 0 Å². The molecule has 0 heterocycles. The molecule has 0 aliphatic carbocycles. The summed E-state index contributed by atoms with van der Waals surface area (Å²) >= 11 is 0. The molecule has 4 nitrogen and oxygen atoms in total. The van der Waals surface area contributed by atoms with Crippen molar-refractivity contribution in [2.24, 2.45) is 0 Å². The van der Waals surface area contributed by atoms with Gasteiger partial charge in [0.15, 0.2) is 0 Å². The number of carbonyl (C=O) groups excluding carboxylic acids is 1. The number of hydrogen-bond donors (Lipinski definition) is 1. The van der Waals surface area contributed by atoms with Gasteiger partial charge < -0.3 is 15.0 Å². The van der Waals surface area contributed by atoms with Crippen LogP contribution < -0.4 is 10.1 Å². The average molecular weight is 292 g/mol. The molecule has 118 valence electrons. The fraction of sp³-hybridized carbons (Fsp3) is 0.588. The van der Waals surface area contributed by atoms with E-state index in [4.69, 9.17) is 4.74 Å². The van der Waals surface area contributed by atoms with Gasteiger partial charge in [0.2, 0.25) is 5.91 Å². The monoisotopic (exact) mass is 292 g/mol. The quantitative estimate of drug-likeness (QED) is 0.748. The molecule has 1 rings (SSSR count). The third-order valence-corrected chi connectivity index (χ3v) is 3.70. The highest BCUT2D eigenvalue weighted by molar-refractivity contribution is 5.87. The summed E-state index contributed by atoms with van der Waals surface area (Å²) in [6, 6.07) is 7.68. The van der Waals surface area contributed by atoms with Crippen molar-refractivity contribution in [3.8, 4) is 5.75 Å². The van der Waals surface area contributed by atoms with Crippen molar-refractivity contribution in [1.29, 1.82) is 0 Å². The number of hydrogen-bond acceptors (Lipinski definition) is 3. The summed E-state index contributed by atoms with van der Waals surface area (Å²) in [5.74, 6) is 0.871. The zero-order chi connectivity index (χ0) is 15.9. The second kappa shape index (κ2) is 8.03. The predicted molar refractivity (Wildman–Crippen MR) is 86.8 cm³/mol. The van der Waals surface area contributed by atoms with Crippen molar-refractivity contribution < 1.29 is 9.53 Å². The lowest BCUT2D eigenvalue weighted by molar-refractivity contribution is -0.125. The average Bonchev–Trinajstić information content (AvgIpc) is 2.46. The molecule has 1 N–H and O–H groups in total. The minimum absolute atomic E-state index is 0.0671. The molecule has 21 heavy (non-hydrogen) atoms. The zero-order valence-electron chi connectivity index (χ0n) is 13.9. The molecule has 1 aromatic carbocycles. The van der Waals surface area contributed by atoms with Gasteiger partial charge in [0, 0.05) is 6.54 Å². The van der Waals surface area contributed by atoms with E-state index in [1.54, 1.807) is 7.11 Å². The Kier molecular flexibility index (Phi) is 6.69. The Morgan fingerprint density at radius 3 is 2.33 bits per heavy atom. The van der Waals surface area contributed by atoms with E-state index in [2.05, 4.69) is 24.3 Å². The summed E-state index contributed by atoms with van der Waals surface area (Å²) in [7, 11) is 5.76. The second-order valence-corrected chi connectivity index (χ2v) is 6.12. The molecular weight excluding hydrogens is 264 g/mol. The van der Waals surface area contributed by atoms with E-state index >= 15 is 0 Å². The number of rotatable bonds is 8. The second-order valence-electron chi connectivity index (χ2n) is 6.12. The number of carbonyl (C=O) groups is 1. The first-order valence-corrected chi connectivity index (χ1v) is 7.45. The van der Waals surface area contributed by atoms with Crippen LogP contribution in [0.4, 0.5) is 0 Å². The van der Waals surface area contributed by atoms with Crippen LogP contribution in [0.15, 0.2) is 24.3 Å². The van der Waals surface area contributed by atoms with E-state index in [1.165, 1.54) is 0 Å². The van der Waals surface area contributed by atoms with Gasteiger partial charge in [-0.15, -0.1) is 0 Å². The minimum Gasteiger partial charge on any atom is -0.497 e. The van der Waals surface area contributed by atoms with Crippen LogP contribution in [0, 0.1) is 0 Å². The van der Waals surface area contributed by atoms with Crippen molar-refractivity contribution in [3.05, 3.63) is 29.8 Å². The minimum atomic E-state index is -0.534. The topological polar surface area (TPSA) is 41.6 Å². The Labute approximate surface area is 128 Å². The van der Waals surface area contributed by atoms with E-state index < -0.39 is 5.41 Å². The maximum absolute atomic E-state index is 12.4. The first kappa shape index (κ1) is 17.5. The molecular formula is C17H28N2O2. The molecule has 1 aromatic rings. The van der Waals surface area contributed by atoms with Gasteiger partial charge in [0.05, 0.1) is 12.5 Å². The largest absolute Gasteiger partial charge is 0.497 e. The van der Waals surface area contributed by atoms with E-state index in [1.807, 2.05) is 38.1 Å². The summed E-state index contributed by atoms with van der Waals surface area (Å²) in [5.41, 5.74) is 0.461. The van der Waals surface area contributed by atoms with Crippen molar-refractivity contribution in [1.82, 2.24) is 10.2 Å². The van der Waals surface area contributed by atoms with Crippen molar-refractivity contribution >= 4 is 5.91 Å². The predicted octanol–water partition coefficient (Wildman–Crippen LogP) is 2.43. The van der Waals surface area contributed by atoms with E-state index in [0.29, 0.717) is 0 Å². The Hall–Kier alpha value is -1.55. The van der Waals surface area contributed by atoms with Gasteiger partial charge in [0.25, 0.3) is 0 Å². The Morgan fingerprint density at radius 2 is 1.81 bits per heavy atom. The van der Waals surface area contributed by atoms with Gasteiger partial charge in [-0.2, -0.15) is 0 Å². The first-order valence-electron chi connectivity index (χ1n) is 7.45. The lowest BCUT2D eigenvalue weighted by Gasteiger charge is -2.24. The number of amides is 1. The molecule has 1 amide bonds. The third kappa shape index (κ3) is 5.38. The number of ether oxygens (including phenoxy) is 1. The molecule has 0 unspecified atom stereocenters. The van der Waals surface area contributed by atoms with Crippen LogP contribution in [-0.4, -0.2) is 45.1 Å². The van der Waals surface area contributed by atoms with Gasteiger partial charge in [-0.25, -0.2) is 0 Å². The zero-order valence-corrected chi connectivity index (χ0v) is 13.9. The molecule has 0 bridgehead atoms. The smallest absolute Gasteiger partial charge is 0.230 e. The van der Waals surface area contributed by atoms with Gasteiger partial charge in [0.1, 0.15) is 5.75 Å². The van der Waals surface area contributed by atoms with Crippen LogP contribution in [0.1, 0.15) is 32.3 Å². The van der Waals surface area contributed by atoms with Crippen LogP contribution in [0.2, 0.25) is 0 Å². The molecule has 4 heteroatoms. The molecule has 0 atom stereocenters. The van der Waals surface area contributed by atoms with Crippen molar-refractivity contribution in [3.63, 3.8) is 0 Å². The summed E-state index contributed by atoms with van der Waals surface area (Å²) in [6.45, 7) is 5.68. The van der Waals surface area contributed by atoms with E-state index in [9.17, 15) is 4.79 Å². The Balaban J connectivity index is 2.50. The first-order chi connectivity index (χ1) is 9.87. The summed E-state index contributed by atoms with van der Waals surface area (Å²) in [6.07, 6.45) is 2.10. The van der Waals surface area contributed by atoms with Crippen molar-refractivity contribution in [2.45, 2.75) is 32.1 Å². The standard InChI is InChI=1S/C17H28N2O2/c1-17(2,14-8-10-15(21-5)11-9-14)16(20)18-12-6-7-13-19(3)4/h8-11H,6-7,12-13H2,1-5H3,(H,18,20). The summed E-state index contributed by atoms with van der Waals surface area (Å²) < 4.78 is 5.15. The molecule has 0 spiro atoms. The number of nitrogens with one attached hydrogen (secondary N) is 1. The molecule has 0 aliphatic heterocycles. The fourth-order valence-electron chi connectivity index (χ4n) is 2.11. The normalized spacial score (nSPS) is 11.5. The highest BCUT2D eigenvalue weighted by Gasteiger charge is 2.29. The number of methoxy groups -OCH3 is 1. The maximum atomic E-state index is 12.4. The molecule has 0 aliphatic rings. The maximum Gasteiger partial charge on any atom is 0.230 e. The third-order valence-electron chi connectivity index (χ3n) is 3.70. The number of unbranched alkanes of at least 4 members (excludes halogenated alkanes) is 1. The van der Waals surface area contributed by atoms with E-state index in [-0.39, 0.29) is 5.91 Å². The molecule has 0 radical (unpaired) electrons. The van der Waals surface area contributed by atoms with Gasteiger partial charge in [-0.1, -0.05) is 12.1 Å². The molecule has 0 saturated heterocycles. The molecule has 0 saturated carbocycles. The lowest BCUT2D eigenvalue weighted by Crippen LogP contribution is -2.40. The summed E-state index contributed by atoms with van der Waals surface area (Å²) in [5, 5.41) is 3.04. The number of benzene rings is 1. The van der Waals surface area contributed by atoms with Crippen LogP contribution >= 0.6 is 0 Å². The highest BCUT2D eigenvalue weighted by atomic mass is 16.5. The number of nitrogens with zero attached hydrogens (tertiary/aromatic N) is 1. The van der Waals surface area contributed by atoms with Crippen LogP contribution in [-0.2, 0) is 10.2 Å². The SMILES string of the molecule is COc1ccc(C(C)(C)C(=O)NCCCCN(C)C)cc1. The molecule has 0 fully saturated rings.